The minimum atomic E-state index is 0.550. The van der Waals surface area contributed by atoms with Crippen molar-refractivity contribution in [3.05, 3.63) is 11.8 Å². The van der Waals surface area contributed by atoms with Crippen molar-refractivity contribution in [2.45, 2.75) is 65.3 Å². The first-order chi connectivity index (χ1) is 9.63. The first-order valence-corrected chi connectivity index (χ1v) is 7.99. The van der Waals surface area contributed by atoms with Gasteiger partial charge in [0.05, 0.1) is 0 Å². The molecule has 1 aliphatic rings. The molecule has 0 aromatic carbocycles. The predicted octanol–water partition coefficient (Wildman–Crippen LogP) is 3.99. The van der Waals surface area contributed by atoms with Crippen molar-refractivity contribution in [1.82, 2.24) is 9.97 Å². The lowest BCUT2D eigenvalue weighted by Gasteiger charge is -2.23. The number of anilines is 2. The molecule has 4 heteroatoms. The van der Waals surface area contributed by atoms with Crippen LogP contribution in [0.4, 0.5) is 11.8 Å². The van der Waals surface area contributed by atoms with E-state index in [9.17, 15) is 0 Å². The summed E-state index contributed by atoms with van der Waals surface area (Å²) in [6.45, 7) is 7.48. The Morgan fingerprint density at radius 2 is 1.95 bits per heavy atom. The van der Waals surface area contributed by atoms with Crippen LogP contribution in [0.3, 0.4) is 0 Å². The van der Waals surface area contributed by atoms with Crippen molar-refractivity contribution in [1.29, 1.82) is 0 Å². The van der Waals surface area contributed by atoms with E-state index in [1.807, 2.05) is 13.0 Å². The molecule has 1 heterocycles. The molecule has 1 aromatic heterocycles. The van der Waals surface area contributed by atoms with Crippen LogP contribution in [-0.2, 0) is 0 Å². The number of nitrogens with one attached hydrogen (secondary N) is 2. The summed E-state index contributed by atoms with van der Waals surface area (Å²) in [5.74, 6) is 2.44. The van der Waals surface area contributed by atoms with E-state index >= 15 is 0 Å². The zero-order chi connectivity index (χ0) is 14.4. The van der Waals surface area contributed by atoms with E-state index in [4.69, 9.17) is 0 Å². The van der Waals surface area contributed by atoms with Gasteiger partial charge in [0.1, 0.15) is 5.82 Å². The fraction of sp³-hybridized carbons (Fsp3) is 0.750. The Kier molecular flexibility index (Phi) is 5.62. The van der Waals surface area contributed by atoms with E-state index in [1.54, 1.807) is 0 Å². The molecule has 4 nitrogen and oxygen atoms in total. The van der Waals surface area contributed by atoms with Gasteiger partial charge < -0.3 is 10.6 Å². The number of aryl methyl sites for hydroxylation is 1. The van der Waals surface area contributed by atoms with E-state index in [2.05, 4.69) is 34.4 Å². The molecule has 0 radical (unpaired) electrons. The van der Waals surface area contributed by atoms with Gasteiger partial charge in [-0.05, 0) is 32.1 Å². The Balaban J connectivity index is 1.93. The van der Waals surface area contributed by atoms with Crippen LogP contribution in [0, 0.1) is 12.8 Å². The van der Waals surface area contributed by atoms with Crippen LogP contribution in [-0.4, -0.2) is 22.6 Å². The van der Waals surface area contributed by atoms with Crippen molar-refractivity contribution in [2.24, 2.45) is 5.92 Å². The summed E-state index contributed by atoms with van der Waals surface area (Å²) in [6, 6.07) is 2.57. The molecule has 2 N–H and O–H groups in total. The molecule has 0 saturated heterocycles. The van der Waals surface area contributed by atoms with Gasteiger partial charge in [-0.2, -0.15) is 4.98 Å². The molecule has 0 spiro atoms. The van der Waals surface area contributed by atoms with Crippen LogP contribution in [0.15, 0.2) is 6.07 Å². The third-order valence-corrected chi connectivity index (χ3v) is 3.82. The summed E-state index contributed by atoms with van der Waals surface area (Å²) in [7, 11) is 0. The highest BCUT2D eigenvalue weighted by molar-refractivity contribution is 5.42. The van der Waals surface area contributed by atoms with Gasteiger partial charge in [0, 0.05) is 24.3 Å². The SMILES string of the molecule is Cc1cc(NCCC(C)C)nc(NC2CCCCC2)n1. The second-order valence-corrected chi connectivity index (χ2v) is 6.31. The largest absolute Gasteiger partial charge is 0.370 e. The van der Waals surface area contributed by atoms with Gasteiger partial charge in [-0.1, -0.05) is 33.1 Å². The molecule has 0 amide bonds. The van der Waals surface area contributed by atoms with E-state index in [-0.39, 0.29) is 0 Å². The van der Waals surface area contributed by atoms with E-state index < -0.39 is 0 Å². The van der Waals surface area contributed by atoms with E-state index in [1.165, 1.54) is 32.1 Å². The first kappa shape index (κ1) is 15.1. The quantitative estimate of drug-likeness (QED) is 0.825. The maximum atomic E-state index is 4.59. The number of rotatable bonds is 6. The molecule has 0 bridgehead atoms. The van der Waals surface area contributed by atoms with Crippen molar-refractivity contribution < 1.29 is 0 Å². The lowest BCUT2D eigenvalue weighted by Crippen LogP contribution is -2.24. The molecule has 20 heavy (non-hydrogen) atoms. The maximum absolute atomic E-state index is 4.59. The zero-order valence-electron chi connectivity index (χ0n) is 13.1. The average molecular weight is 276 g/mol. The van der Waals surface area contributed by atoms with E-state index in [0.717, 1.165) is 30.4 Å². The second kappa shape index (κ2) is 7.46. The summed E-state index contributed by atoms with van der Waals surface area (Å²) in [4.78, 5) is 9.10. The Hall–Kier alpha value is -1.32. The summed E-state index contributed by atoms with van der Waals surface area (Å²) in [6.07, 6.45) is 7.66. The monoisotopic (exact) mass is 276 g/mol. The number of hydrogen-bond donors (Lipinski definition) is 2. The van der Waals surface area contributed by atoms with Gasteiger partial charge in [-0.3, -0.25) is 0 Å². The minimum absolute atomic E-state index is 0.550. The van der Waals surface area contributed by atoms with Crippen LogP contribution in [0.25, 0.3) is 0 Å². The highest BCUT2D eigenvalue weighted by atomic mass is 15.2. The lowest BCUT2D eigenvalue weighted by molar-refractivity contribution is 0.461. The number of hydrogen-bond acceptors (Lipinski definition) is 4. The van der Waals surface area contributed by atoms with Gasteiger partial charge in [-0.25, -0.2) is 4.98 Å². The van der Waals surface area contributed by atoms with E-state index in [0.29, 0.717) is 12.0 Å². The van der Waals surface area contributed by atoms with Crippen LogP contribution < -0.4 is 10.6 Å². The highest BCUT2D eigenvalue weighted by Crippen LogP contribution is 2.21. The van der Waals surface area contributed by atoms with Crippen LogP contribution in [0.5, 0.6) is 0 Å². The van der Waals surface area contributed by atoms with Crippen molar-refractivity contribution in [3.63, 3.8) is 0 Å². The molecule has 1 fully saturated rings. The van der Waals surface area contributed by atoms with Crippen LogP contribution in [0.2, 0.25) is 0 Å². The molecule has 112 valence electrons. The highest BCUT2D eigenvalue weighted by Gasteiger charge is 2.14. The lowest BCUT2D eigenvalue weighted by atomic mass is 9.96. The van der Waals surface area contributed by atoms with Gasteiger partial charge in [0.25, 0.3) is 0 Å². The van der Waals surface area contributed by atoms with Crippen LogP contribution >= 0.6 is 0 Å². The molecule has 0 atom stereocenters. The Morgan fingerprint density at radius 3 is 2.65 bits per heavy atom. The summed E-state index contributed by atoms with van der Waals surface area (Å²) in [5, 5.41) is 6.90. The van der Waals surface area contributed by atoms with Crippen molar-refractivity contribution in [2.75, 3.05) is 17.2 Å². The smallest absolute Gasteiger partial charge is 0.225 e. The molecule has 1 aromatic rings. The van der Waals surface area contributed by atoms with Gasteiger partial charge >= 0.3 is 0 Å². The second-order valence-electron chi connectivity index (χ2n) is 6.31. The molecule has 0 aliphatic heterocycles. The van der Waals surface area contributed by atoms with Crippen molar-refractivity contribution in [3.8, 4) is 0 Å². The third kappa shape index (κ3) is 4.99. The molecule has 0 unspecified atom stereocenters. The summed E-state index contributed by atoms with van der Waals surface area (Å²) in [5.41, 5.74) is 1.02. The predicted molar refractivity (Wildman–Crippen MR) is 85.2 cm³/mol. The Bertz CT molecular complexity index is 411. The Morgan fingerprint density at radius 1 is 1.20 bits per heavy atom. The standard InChI is InChI=1S/C16H28N4/c1-12(2)9-10-17-15-11-13(3)18-16(20-15)19-14-7-5-4-6-8-14/h11-12,14H,4-10H2,1-3H3,(H2,17,18,19,20). The molecule has 1 aliphatic carbocycles. The molecule has 1 saturated carbocycles. The Labute approximate surface area is 122 Å². The first-order valence-electron chi connectivity index (χ1n) is 7.99. The maximum Gasteiger partial charge on any atom is 0.225 e. The van der Waals surface area contributed by atoms with Crippen LogP contribution in [0.1, 0.15) is 58.1 Å². The molecular weight excluding hydrogens is 248 g/mol. The van der Waals surface area contributed by atoms with Gasteiger partial charge in [0.15, 0.2) is 0 Å². The van der Waals surface area contributed by atoms with Gasteiger partial charge in [-0.15, -0.1) is 0 Å². The summed E-state index contributed by atoms with van der Waals surface area (Å²) < 4.78 is 0. The fourth-order valence-electron chi connectivity index (χ4n) is 2.64. The normalized spacial score (nSPS) is 16.4. The summed E-state index contributed by atoms with van der Waals surface area (Å²) >= 11 is 0. The van der Waals surface area contributed by atoms with Crippen molar-refractivity contribution >= 4 is 11.8 Å². The number of aromatic nitrogens is 2. The third-order valence-electron chi connectivity index (χ3n) is 3.82. The fourth-order valence-corrected chi connectivity index (χ4v) is 2.64. The minimum Gasteiger partial charge on any atom is -0.370 e. The zero-order valence-corrected chi connectivity index (χ0v) is 13.1. The molecule has 2 rings (SSSR count). The van der Waals surface area contributed by atoms with Gasteiger partial charge in [0.2, 0.25) is 5.95 Å². The average Bonchev–Trinajstić information content (AvgIpc) is 2.38. The number of nitrogens with zero attached hydrogens (tertiary/aromatic N) is 2. The molecular formula is C16H28N4. The topological polar surface area (TPSA) is 49.8 Å².